The molecule has 0 aliphatic rings. The number of benzene rings is 1. The summed E-state index contributed by atoms with van der Waals surface area (Å²) >= 11 is 1.50. The highest BCUT2D eigenvalue weighted by molar-refractivity contribution is 7.13. The molecule has 3 aromatic heterocycles. The molecule has 4 aromatic rings. The van der Waals surface area contributed by atoms with Crippen molar-refractivity contribution in [3.05, 3.63) is 81.7 Å². The fraction of sp³-hybridized carbons (Fsp3) is 0.0526. The highest BCUT2D eigenvalue weighted by Gasteiger charge is 2.16. The Morgan fingerprint density at radius 3 is 2.71 bits per heavy atom. The van der Waals surface area contributed by atoms with E-state index in [4.69, 9.17) is 13.6 Å². The predicted molar refractivity (Wildman–Crippen MR) is 99.7 cm³/mol. The zero-order valence-electron chi connectivity index (χ0n) is 14.2. The number of nitro groups is 1. The largest absolute Gasteiger partial charge is 0.453 e. The molecule has 4 rings (SSSR count). The van der Waals surface area contributed by atoms with Crippen molar-refractivity contribution in [3.63, 3.8) is 0 Å². The molecule has 0 saturated heterocycles. The standard InChI is InChI=1S/C19H12N2O6S/c22-19(26-11-13-10-25-18(20-13)17-2-1-9-28-17)16-8-7-15(27-16)12-3-5-14(6-4-12)21(23)24/h1-10H,11H2. The van der Waals surface area contributed by atoms with Crippen molar-refractivity contribution in [1.82, 2.24) is 4.98 Å². The molecule has 0 unspecified atom stereocenters. The topological polar surface area (TPSA) is 109 Å². The van der Waals surface area contributed by atoms with Gasteiger partial charge in [0.05, 0.1) is 9.80 Å². The molecule has 28 heavy (non-hydrogen) atoms. The van der Waals surface area contributed by atoms with E-state index in [1.165, 1.54) is 35.8 Å². The number of ether oxygens (including phenoxy) is 1. The summed E-state index contributed by atoms with van der Waals surface area (Å²) in [6.45, 7) is -0.0543. The molecule has 0 radical (unpaired) electrons. The number of aromatic nitrogens is 1. The number of hydrogen-bond donors (Lipinski definition) is 0. The summed E-state index contributed by atoms with van der Waals surface area (Å²) in [6, 6.07) is 12.7. The molecular weight excluding hydrogens is 384 g/mol. The van der Waals surface area contributed by atoms with Gasteiger partial charge in [0.2, 0.25) is 11.7 Å². The summed E-state index contributed by atoms with van der Waals surface area (Å²) < 4.78 is 16.1. The molecule has 0 spiro atoms. The lowest BCUT2D eigenvalue weighted by atomic mass is 10.1. The first kappa shape index (κ1) is 17.7. The Morgan fingerprint density at radius 1 is 1.18 bits per heavy atom. The van der Waals surface area contributed by atoms with Gasteiger partial charge in [-0.2, -0.15) is 0 Å². The van der Waals surface area contributed by atoms with Crippen LogP contribution < -0.4 is 0 Å². The zero-order chi connectivity index (χ0) is 19.5. The number of carbonyl (C=O) groups excluding carboxylic acids is 1. The molecule has 140 valence electrons. The van der Waals surface area contributed by atoms with Crippen molar-refractivity contribution in [2.45, 2.75) is 6.61 Å². The molecule has 8 nitrogen and oxygen atoms in total. The van der Waals surface area contributed by atoms with Crippen molar-refractivity contribution < 1.29 is 23.3 Å². The Morgan fingerprint density at radius 2 is 2.00 bits per heavy atom. The van der Waals surface area contributed by atoms with E-state index in [-0.39, 0.29) is 18.1 Å². The molecule has 0 N–H and O–H groups in total. The number of thiophene rings is 1. The van der Waals surface area contributed by atoms with Gasteiger partial charge in [0, 0.05) is 17.7 Å². The van der Waals surface area contributed by atoms with E-state index in [0.29, 0.717) is 22.9 Å². The molecule has 1 aromatic carbocycles. The van der Waals surface area contributed by atoms with Gasteiger partial charge in [0.1, 0.15) is 24.3 Å². The van der Waals surface area contributed by atoms with E-state index in [1.807, 2.05) is 17.5 Å². The Balaban J connectivity index is 1.40. The van der Waals surface area contributed by atoms with Crippen LogP contribution in [-0.2, 0) is 11.3 Å². The van der Waals surface area contributed by atoms with Gasteiger partial charge in [-0.25, -0.2) is 9.78 Å². The van der Waals surface area contributed by atoms with Crippen LogP contribution in [0.15, 0.2) is 69.0 Å². The average molecular weight is 396 g/mol. The molecule has 0 aliphatic carbocycles. The van der Waals surface area contributed by atoms with Crippen LogP contribution in [0.4, 0.5) is 5.69 Å². The second-order valence-electron chi connectivity index (χ2n) is 5.67. The highest BCUT2D eigenvalue weighted by Crippen LogP contribution is 2.26. The fourth-order valence-electron chi connectivity index (χ4n) is 2.45. The van der Waals surface area contributed by atoms with E-state index in [2.05, 4.69) is 4.98 Å². The Hall–Kier alpha value is -3.72. The smallest absolute Gasteiger partial charge is 0.374 e. The second kappa shape index (κ2) is 7.49. The van der Waals surface area contributed by atoms with Gasteiger partial charge in [-0.05, 0) is 35.7 Å². The fourth-order valence-corrected chi connectivity index (χ4v) is 3.10. The SMILES string of the molecule is O=C(OCc1coc(-c2cccs2)n1)c1ccc(-c2ccc([N+](=O)[O-])cc2)o1. The van der Waals surface area contributed by atoms with Gasteiger partial charge in [-0.3, -0.25) is 10.1 Å². The van der Waals surface area contributed by atoms with Crippen molar-refractivity contribution in [2.75, 3.05) is 0 Å². The Labute approximate surface area is 162 Å². The lowest BCUT2D eigenvalue weighted by Crippen LogP contribution is -2.04. The second-order valence-corrected chi connectivity index (χ2v) is 6.61. The third-order valence-corrected chi connectivity index (χ3v) is 4.66. The number of carbonyl (C=O) groups is 1. The first-order valence-electron chi connectivity index (χ1n) is 8.10. The summed E-state index contributed by atoms with van der Waals surface area (Å²) in [4.78, 5) is 27.6. The van der Waals surface area contributed by atoms with Crippen LogP contribution in [0.25, 0.3) is 22.1 Å². The number of rotatable bonds is 6. The number of nitro benzene ring substituents is 1. The third-order valence-electron chi connectivity index (χ3n) is 3.80. The van der Waals surface area contributed by atoms with Crippen LogP contribution in [0.5, 0.6) is 0 Å². The minimum absolute atomic E-state index is 0.0235. The molecule has 0 amide bonds. The number of furan rings is 1. The van der Waals surface area contributed by atoms with E-state index in [1.54, 1.807) is 18.2 Å². The Kier molecular flexibility index (Phi) is 4.73. The number of nitrogens with zero attached hydrogens (tertiary/aromatic N) is 2. The van der Waals surface area contributed by atoms with Crippen LogP contribution in [-0.4, -0.2) is 15.9 Å². The molecule has 0 bridgehead atoms. The van der Waals surface area contributed by atoms with Crippen molar-refractivity contribution in [1.29, 1.82) is 0 Å². The maximum absolute atomic E-state index is 12.2. The van der Waals surface area contributed by atoms with Gasteiger partial charge >= 0.3 is 5.97 Å². The van der Waals surface area contributed by atoms with Crippen LogP contribution in [0.1, 0.15) is 16.2 Å². The number of non-ortho nitro benzene ring substituents is 1. The van der Waals surface area contributed by atoms with E-state index in [9.17, 15) is 14.9 Å². The van der Waals surface area contributed by atoms with Gasteiger partial charge < -0.3 is 13.6 Å². The van der Waals surface area contributed by atoms with Crippen molar-refractivity contribution in [3.8, 4) is 22.1 Å². The summed E-state index contributed by atoms with van der Waals surface area (Å²) in [7, 11) is 0. The highest BCUT2D eigenvalue weighted by atomic mass is 32.1. The van der Waals surface area contributed by atoms with E-state index < -0.39 is 10.9 Å². The van der Waals surface area contributed by atoms with Gasteiger partial charge in [0.25, 0.3) is 5.69 Å². The summed E-state index contributed by atoms with van der Waals surface area (Å²) in [5, 5.41) is 12.6. The number of oxazole rings is 1. The maximum Gasteiger partial charge on any atom is 0.374 e. The minimum Gasteiger partial charge on any atom is -0.453 e. The van der Waals surface area contributed by atoms with Crippen LogP contribution >= 0.6 is 11.3 Å². The number of hydrogen-bond acceptors (Lipinski definition) is 8. The third kappa shape index (κ3) is 3.69. The molecule has 0 saturated carbocycles. The first-order valence-corrected chi connectivity index (χ1v) is 8.98. The van der Waals surface area contributed by atoms with Crippen molar-refractivity contribution >= 4 is 23.0 Å². The average Bonchev–Trinajstić information content (AvgIpc) is 3.47. The molecule has 0 aliphatic heterocycles. The predicted octanol–water partition coefficient (Wildman–Crippen LogP) is 4.93. The quantitative estimate of drug-likeness (QED) is 0.258. The summed E-state index contributed by atoms with van der Waals surface area (Å²) in [5.74, 6) is 0.256. The Bertz CT molecular complexity index is 1110. The molecule has 0 atom stereocenters. The van der Waals surface area contributed by atoms with Crippen molar-refractivity contribution in [2.24, 2.45) is 0 Å². The normalized spacial score (nSPS) is 10.7. The molecule has 9 heteroatoms. The van der Waals surface area contributed by atoms with Gasteiger partial charge in [-0.1, -0.05) is 6.07 Å². The van der Waals surface area contributed by atoms with Crippen LogP contribution in [0, 0.1) is 10.1 Å². The van der Waals surface area contributed by atoms with Crippen LogP contribution in [0.3, 0.4) is 0 Å². The monoisotopic (exact) mass is 396 g/mol. The summed E-state index contributed by atoms with van der Waals surface area (Å²) in [5.41, 5.74) is 1.07. The summed E-state index contributed by atoms with van der Waals surface area (Å²) in [6.07, 6.45) is 1.44. The lowest BCUT2D eigenvalue weighted by molar-refractivity contribution is -0.384. The lowest BCUT2D eigenvalue weighted by Gasteiger charge is -2.00. The van der Waals surface area contributed by atoms with Gasteiger partial charge in [0.15, 0.2) is 0 Å². The van der Waals surface area contributed by atoms with E-state index in [0.717, 1.165) is 4.88 Å². The molecular formula is C19H12N2O6S. The first-order chi connectivity index (χ1) is 13.6. The van der Waals surface area contributed by atoms with Crippen LogP contribution in [0.2, 0.25) is 0 Å². The maximum atomic E-state index is 12.2. The number of esters is 1. The molecule has 0 fully saturated rings. The minimum atomic E-state index is -0.645. The molecule has 3 heterocycles. The zero-order valence-corrected chi connectivity index (χ0v) is 15.0. The van der Waals surface area contributed by atoms with E-state index >= 15 is 0 Å². The van der Waals surface area contributed by atoms with Gasteiger partial charge in [-0.15, -0.1) is 11.3 Å².